The SMILES string of the molecule is O=C(CN1CCN(Cc2cccc(C(F)(F)F)c2)CC1)NCC(=O)Nc1ccc(F)c(F)c1. The normalized spacial score (nSPS) is 15.3. The number of alkyl halides is 3. The van der Waals surface area contributed by atoms with Gasteiger partial charge in [0.2, 0.25) is 11.8 Å². The number of nitrogens with zero attached hydrogens (tertiary/aromatic N) is 2. The minimum absolute atomic E-state index is 0.0653. The van der Waals surface area contributed by atoms with Crippen LogP contribution in [0, 0.1) is 11.6 Å². The number of carbonyl (C=O) groups is 2. The molecule has 6 nitrogen and oxygen atoms in total. The van der Waals surface area contributed by atoms with Gasteiger partial charge in [0.25, 0.3) is 0 Å². The van der Waals surface area contributed by atoms with Gasteiger partial charge in [0.1, 0.15) is 0 Å². The average Bonchev–Trinajstić information content (AvgIpc) is 2.76. The van der Waals surface area contributed by atoms with Crippen molar-refractivity contribution in [2.45, 2.75) is 12.7 Å². The standard InChI is InChI=1S/C22H23F5N4O2/c23-18-5-4-17(11-19(18)24)29-20(32)12-28-21(33)14-31-8-6-30(7-9-31)13-15-2-1-3-16(10-15)22(25,26)27/h1-5,10-11H,6-9,12-14H2,(H,28,33)(H,29,32). The highest BCUT2D eigenvalue weighted by Gasteiger charge is 2.30. The van der Waals surface area contributed by atoms with Gasteiger partial charge in [0, 0.05) is 44.5 Å². The highest BCUT2D eigenvalue weighted by Crippen LogP contribution is 2.29. The van der Waals surface area contributed by atoms with Crippen LogP contribution < -0.4 is 10.6 Å². The maximum absolute atomic E-state index is 13.2. The molecule has 0 atom stereocenters. The molecule has 1 aliphatic rings. The second-order valence-electron chi connectivity index (χ2n) is 7.70. The number of nitrogens with one attached hydrogen (secondary N) is 2. The smallest absolute Gasteiger partial charge is 0.346 e. The Hall–Kier alpha value is -3.05. The Labute approximate surface area is 187 Å². The summed E-state index contributed by atoms with van der Waals surface area (Å²) < 4.78 is 64.7. The number of rotatable bonds is 7. The van der Waals surface area contributed by atoms with Crippen LogP contribution in [-0.4, -0.2) is 60.9 Å². The highest BCUT2D eigenvalue weighted by molar-refractivity contribution is 5.94. The number of halogens is 5. The Balaban J connectivity index is 1.37. The van der Waals surface area contributed by atoms with Crippen molar-refractivity contribution in [2.75, 3.05) is 44.6 Å². The van der Waals surface area contributed by atoms with Crippen molar-refractivity contribution < 1.29 is 31.5 Å². The fraction of sp³-hybridized carbons (Fsp3) is 0.364. The predicted molar refractivity (Wildman–Crippen MR) is 111 cm³/mol. The summed E-state index contributed by atoms with van der Waals surface area (Å²) in [6, 6.07) is 8.16. The van der Waals surface area contributed by atoms with E-state index in [4.69, 9.17) is 0 Å². The van der Waals surface area contributed by atoms with E-state index < -0.39 is 29.3 Å². The van der Waals surface area contributed by atoms with Crippen LogP contribution in [0.4, 0.5) is 27.6 Å². The molecule has 1 saturated heterocycles. The lowest BCUT2D eigenvalue weighted by Gasteiger charge is -2.34. The van der Waals surface area contributed by atoms with E-state index in [9.17, 15) is 31.5 Å². The molecular formula is C22H23F5N4O2. The van der Waals surface area contributed by atoms with Gasteiger partial charge in [-0.15, -0.1) is 0 Å². The third kappa shape index (κ3) is 7.50. The summed E-state index contributed by atoms with van der Waals surface area (Å²) in [4.78, 5) is 27.9. The monoisotopic (exact) mass is 470 g/mol. The first-order valence-corrected chi connectivity index (χ1v) is 10.2. The number of carbonyl (C=O) groups excluding carboxylic acids is 2. The molecule has 33 heavy (non-hydrogen) atoms. The van der Waals surface area contributed by atoms with Gasteiger partial charge in [-0.25, -0.2) is 8.78 Å². The molecule has 0 spiro atoms. The van der Waals surface area contributed by atoms with Gasteiger partial charge in [0.15, 0.2) is 11.6 Å². The van der Waals surface area contributed by atoms with Crippen LogP contribution in [0.1, 0.15) is 11.1 Å². The summed E-state index contributed by atoms with van der Waals surface area (Å²) in [6.45, 7) is 2.39. The van der Waals surface area contributed by atoms with Crippen molar-refractivity contribution in [2.24, 2.45) is 0 Å². The number of benzene rings is 2. The molecule has 1 aliphatic heterocycles. The third-order valence-electron chi connectivity index (χ3n) is 5.14. The number of amides is 2. The van der Waals surface area contributed by atoms with Crippen LogP contribution >= 0.6 is 0 Å². The Bertz CT molecular complexity index is 991. The van der Waals surface area contributed by atoms with Crippen molar-refractivity contribution in [3.05, 3.63) is 65.2 Å². The molecule has 0 aromatic heterocycles. The number of hydrogen-bond acceptors (Lipinski definition) is 4. The van der Waals surface area contributed by atoms with Crippen molar-refractivity contribution in [1.29, 1.82) is 0 Å². The van der Waals surface area contributed by atoms with E-state index in [1.165, 1.54) is 12.1 Å². The van der Waals surface area contributed by atoms with Crippen LogP contribution in [0.25, 0.3) is 0 Å². The maximum Gasteiger partial charge on any atom is 0.416 e. The average molecular weight is 470 g/mol. The van der Waals surface area contributed by atoms with Gasteiger partial charge >= 0.3 is 6.18 Å². The van der Waals surface area contributed by atoms with Crippen LogP contribution in [0.2, 0.25) is 0 Å². The number of anilines is 1. The Kier molecular flexibility index (Phi) is 7.98. The summed E-state index contributed by atoms with van der Waals surface area (Å²) in [5, 5.41) is 4.83. The van der Waals surface area contributed by atoms with Gasteiger partial charge < -0.3 is 10.6 Å². The lowest BCUT2D eigenvalue weighted by molar-refractivity contribution is -0.137. The van der Waals surface area contributed by atoms with Gasteiger partial charge in [-0.3, -0.25) is 19.4 Å². The van der Waals surface area contributed by atoms with E-state index in [0.717, 1.165) is 24.3 Å². The van der Waals surface area contributed by atoms with Crippen LogP contribution in [0.15, 0.2) is 42.5 Å². The molecule has 0 unspecified atom stereocenters. The summed E-state index contributed by atoms with van der Waals surface area (Å²) in [5.41, 5.74) is -0.0305. The quantitative estimate of drug-likeness (QED) is 0.611. The van der Waals surface area contributed by atoms with Crippen molar-refractivity contribution >= 4 is 17.5 Å². The molecule has 2 aromatic rings. The fourth-order valence-corrected chi connectivity index (χ4v) is 3.43. The molecule has 11 heteroatoms. The molecule has 0 aliphatic carbocycles. The number of hydrogen-bond donors (Lipinski definition) is 2. The van der Waals surface area contributed by atoms with E-state index >= 15 is 0 Å². The van der Waals surface area contributed by atoms with Crippen LogP contribution in [0.5, 0.6) is 0 Å². The van der Waals surface area contributed by atoms with Gasteiger partial charge in [-0.05, 0) is 23.8 Å². The van der Waals surface area contributed by atoms with E-state index in [0.29, 0.717) is 38.3 Å². The molecule has 1 heterocycles. The molecule has 0 bridgehead atoms. The fourth-order valence-electron chi connectivity index (χ4n) is 3.43. The largest absolute Gasteiger partial charge is 0.416 e. The highest BCUT2D eigenvalue weighted by atomic mass is 19.4. The van der Waals surface area contributed by atoms with Crippen LogP contribution in [-0.2, 0) is 22.3 Å². The van der Waals surface area contributed by atoms with Crippen molar-refractivity contribution in [3.63, 3.8) is 0 Å². The Morgan fingerprint density at radius 1 is 0.879 bits per heavy atom. The summed E-state index contributed by atoms with van der Waals surface area (Å²) in [7, 11) is 0. The maximum atomic E-state index is 13.2. The van der Waals surface area contributed by atoms with Crippen LogP contribution in [0.3, 0.4) is 0 Å². The zero-order chi connectivity index (χ0) is 24.0. The van der Waals surface area contributed by atoms with Crippen molar-refractivity contribution in [1.82, 2.24) is 15.1 Å². The summed E-state index contributed by atoms with van der Waals surface area (Å²) >= 11 is 0. The first-order chi connectivity index (χ1) is 15.6. The van der Waals surface area contributed by atoms with Gasteiger partial charge in [-0.1, -0.05) is 18.2 Å². The molecule has 0 saturated carbocycles. The molecule has 178 valence electrons. The third-order valence-corrected chi connectivity index (χ3v) is 5.14. The molecule has 0 radical (unpaired) electrons. The van der Waals surface area contributed by atoms with E-state index in [1.807, 2.05) is 9.80 Å². The summed E-state index contributed by atoms with van der Waals surface area (Å²) in [5.74, 6) is -3.08. The second kappa shape index (κ2) is 10.7. The second-order valence-corrected chi connectivity index (χ2v) is 7.70. The van der Waals surface area contributed by atoms with E-state index in [2.05, 4.69) is 10.6 Å². The minimum atomic E-state index is -4.38. The molecule has 1 fully saturated rings. The Morgan fingerprint density at radius 3 is 2.24 bits per heavy atom. The first kappa shape index (κ1) is 24.6. The van der Waals surface area contributed by atoms with Gasteiger partial charge in [0.05, 0.1) is 18.7 Å². The molecule has 2 N–H and O–H groups in total. The zero-order valence-corrected chi connectivity index (χ0v) is 17.6. The van der Waals surface area contributed by atoms with Gasteiger partial charge in [-0.2, -0.15) is 13.2 Å². The summed E-state index contributed by atoms with van der Waals surface area (Å²) in [6.07, 6.45) is -4.38. The molecule has 3 rings (SSSR count). The lowest BCUT2D eigenvalue weighted by Crippen LogP contribution is -2.49. The van der Waals surface area contributed by atoms with Crippen molar-refractivity contribution in [3.8, 4) is 0 Å². The van der Waals surface area contributed by atoms with E-state index in [1.54, 1.807) is 6.07 Å². The van der Waals surface area contributed by atoms with E-state index in [-0.39, 0.29) is 24.7 Å². The number of piperazine rings is 1. The minimum Gasteiger partial charge on any atom is -0.346 e. The predicted octanol–water partition coefficient (Wildman–Crippen LogP) is 2.86. The molecular weight excluding hydrogens is 447 g/mol. The first-order valence-electron chi connectivity index (χ1n) is 10.2. The molecule has 2 aromatic carbocycles. The Morgan fingerprint density at radius 2 is 1.58 bits per heavy atom. The lowest BCUT2D eigenvalue weighted by atomic mass is 10.1. The zero-order valence-electron chi connectivity index (χ0n) is 17.6. The topological polar surface area (TPSA) is 64.7 Å². The molecule has 2 amide bonds.